The van der Waals surface area contributed by atoms with Gasteiger partial charge in [0.05, 0.1) is 0 Å². The van der Waals surface area contributed by atoms with Gasteiger partial charge in [0.2, 0.25) is 0 Å². The van der Waals surface area contributed by atoms with Crippen LogP contribution >= 0.6 is 11.8 Å². The minimum Gasteiger partial charge on any atom is -0.162 e. The summed E-state index contributed by atoms with van der Waals surface area (Å²) in [7, 11) is 0. The quantitative estimate of drug-likeness (QED) is 0.553. The Hall–Kier alpha value is 0.350. The zero-order valence-electron chi connectivity index (χ0n) is 11.7. The van der Waals surface area contributed by atoms with E-state index in [0.29, 0.717) is 10.8 Å². The molecule has 0 bridgehead atoms. The average Bonchev–Trinajstić information content (AvgIpc) is 1.98. The molecule has 0 N–H and O–H groups in total. The summed E-state index contributed by atoms with van der Waals surface area (Å²) >= 11 is 2.13. The second-order valence-electron chi connectivity index (χ2n) is 6.94. The van der Waals surface area contributed by atoms with Crippen molar-refractivity contribution >= 4 is 11.8 Å². The van der Waals surface area contributed by atoms with E-state index in [2.05, 4.69) is 53.3 Å². The third kappa shape index (κ3) is 14.4. The van der Waals surface area contributed by atoms with Crippen LogP contribution in [0.5, 0.6) is 0 Å². The minimum absolute atomic E-state index is 0.520. The molecule has 0 unspecified atom stereocenters. The van der Waals surface area contributed by atoms with Gasteiger partial charge >= 0.3 is 0 Å². The van der Waals surface area contributed by atoms with Crippen molar-refractivity contribution in [1.82, 2.24) is 0 Å². The van der Waals surface area contributed by atoms with Crippen molar-refractivity contribution in [2.24, 2.45) is 10.8 Å². The van der Waals surface area contributed by atoms with Crippen LogP contribution in [0.3, 0.4) is 0 Å². The fourth-order valence-electron chi connectivity index (χ4n) is 1.51. The summed E-state index contributed by atoms with van der Waals surface area (Å²) in [4.78, 5) is 0. The summed E-state index contributed by atoms with van der Waals surface area (Å²) in [6, 6.07) is 0. The molecule has 15 heavy (non-hydrogen) atoms. The smallest absolute Gasteiger partial charge is 0.00673 e. The lowest BCUT2D eigenvalue weighted by atomic mass is 9.91. The lowest BCUT2D eigenvalue weighted by Crippen LogP contribution is -2.06. The SMILES string of the molecule is CC(C)(C)CCCSCCCC(C)(C)C. The van der Waals surface area contributed by atoms with Crippen molar-refractivity contribution in [1.29, 1.82) is 0 Å². The van der Waals surface area contributed by atoms with E-state index in [4.69, 9.17) is 0 Å². The number of rotatable bonds is 6. The largest absolute Gasteiger partial charge is 0.162 e. The van der Waals surface area contributed by atoms with E-state index in [1.54, 1.807) is 0 Å². The van der Waals surface area contributed by atoms with Crippen molar-refractivity contribution < 1.29 is 0 Å². The van der Waals surface area contributed by atoms with Crippen LogP contribution in [0.2, 0.25) is 0 Å². The van der Waals surface area contributed by atoms with E-state index in [0.717, 1.165) is 0 Å². The van der Waals surface area contributed by atoms with Crippen LogP contribution in [0.1, 0.15) is 67.2 Å². The highest BCUT2D eigenvalue weighted by Crippen LogP contribution is 2.24. The van der Waals surface area contributed by atoms with E-state index >= 15 is 0 Å². The molecule has 0 aromatic carbocycles. The van der Waals surface area contributed by atoms with E-state index in [9.17, 15) is 0 Å². The highest BCUT2D eigenvalue weighted by Gasteiger charge is 2.10. The normalized spacial score (nSPS) is 13.2. The third-order valence-corrected chi connectivity index (χ3v) is 3.59. The molecule has 0 heterocycles. The standard InChI is InChI=1S/C14H30S/c1-13(2,3)9-7-11-15-12-8-10-14(4,5)6/h7-12H2,1-6H3. The van der Waals surface area contributed by atoms with Gasteiger partial charge in [-0.15, -0.1) is 0 Å². The number of thioether (sulfide) groups is 1. The molecule has 1 heteroatoms. The molecule has 0 aliphatic rings. The van der Waals surface area contributed by atoms with E-state index in [1.807, 2.05) is 0 Å². The zero-order chi connectivity index (χ0) is 11.9. The van der Waals surface area contributed by atoms with Gasteiger partial charge in [-0.05, 0) is 48.0 Å². The Bertz CT molecular complexity index is 130. The van der Waals surface area contributed by atoms with Gasteiger partial charge in [0.25, 0.3) is 0 Å². The Morgan fingerprint density at radius 3 is 1.27 bits per heavy atom. The number of hydrogen-bond acceptors (Lipinski definition) is 1. The van der Waals surface area contributed by atoms with Gasteiger partial charge in [-0.2, -0.15) is 11.8 Å². The third-order valence-electron chi connectivity index (χ3n) is 2.43. The van der Waals surface area contributed by atoms with Crippen LogP contribution in [0, 0.1) is 10.8 Å². The van der Waals surface area contributed by atoms with Crippen LogP contribution in [0.15, 0.2) is 0 Å². The first kappa shape index (κ1) is 15.3. The Kier molecular flexibility index (Phi) is 6.99. The predicted octanol–water partition coefficient (Wildman–Crippen LogP) is 5.37. The molecule has 0 aliphatic carbocycles. The fourth-order valence-corrected chi connectivity index (χ4v) is 2.41. The molecule has 0 atom stereocenters. The van der Waals surface area contributed by atoms with Crippen LogP contribution in [0.25, 0.3) is 0 Å². The molecule has 0 aromatic heterocycles. The van der Waals surface area contributed by atoms with Crippen LogP contribution in [0.4, 0.5) is 0 Å². The first-order valence-electron chi connectivity index (χ1n) is 6.28. The summed E-state index contributed by atoms with van der Waals surface area (Å²) in [5.74, 6) is 2.70. The molecule has 0 saturated carbocycles. The summed E-state index contributed by atoms with van der Waals surface area (Å²) in [6.07, 6.45) is 5.48. The maximum absolute atomic E-state index is 2.33. The summed E-state index contributed by atoms with van der Waals surface area (Å²) in [5, 5.41) is 0. The maximum atomic E-state index is 2.33. The molecule has 0 saturated heterocycles. The van der Waals surface area contributed by atoms with Gasteiger partial charge in [-0.3, -0.25) is 0 Å². The first-order valence-corrected chi connectivity index (χ1v) is 7.44. The zero-order valence-corrected chi connectivity index (χ0v) is 12.5. The average molecular weight is 230 g/mol. The molecular formula is C14H30S. The van der Waals surface area contributed by atoms with E-state index in [1.165, 1.54) is 37.2 Å². The molecule has 0 aliphatic heterocycles. The van der Waals surface area contributed by atoms with Crippen molar-refractivity contribution in [2.45, 2.75) is 67.2 Å². The maximum Gasteiger partial charge on any atom is -0.00673 e. The minimum atomic E-state index is 0.520. The summed E-state index contributed by atoms with van der Waals surface area (Å²) in [5.41, 5.74) is 1.04. The van der Waals surface area contributed by atoms with E-state index in [-0.39, 0.29) is 0 Å². The molecule has 0 rings (SSSR count). The van der Waals surface area contributed by atoms with Crippen molar-refractivity contribution in [2.75, 3.05) is 11.5 Å². The monoisotopic (exact) mass is 230 g/mol. The molecule has 92 valence electrons. The van der Waals surface area contributed by atoms with Gasteiger partial charge in [0.15, 0.2) is 0 Å². The highest BCUT2D eigenvalue weighted by molar-refractivity contribution is 7.99. The van der Waals surface area contributed by atoms with E-state index < -0.39 is 0 Å². The second kappa shape index (κ2) is 6.83. The molecule has 0 fully saturated rings. The first-order chi connectivity index (χ1) is 6.71. The van der Waals surface area contributed by atoms with Crippen LogP contribution < -0.4 is 0 Å². The van der Waals surface area contributed by atoms with Crippen molar-refractivity contribution in [3.63, 3.8) is 0 Å². The molecule has 0 spiro atoms. The molecule has 0 nitrogen and oxygen atoms in total. The van der Waals surface area contributed by atoms with Gasteiger partial charge < -0.3 is 0 Å². The molecular weight excluding hydrogens is 200 g/mol. The molecule has 0 radical (unpaired) electrons. The van der Waals surface area contributed by atoms with Gasteiger partial charge in [0.1, 0.15) is 0 Å². The van der Waals surface area contributed by atoms with Crippen molar-refractivity contribution in [3.8, 4) is 0 Å². The molecule has 0 amide bonds. The van der Waals surface area contributed by atoms with Gasteiger partial charge in [-0.1, -0.05) is 41.5 Å². The lowest BCUT2D eigenvalue weighted by molar-refractivity contribution is 0.373. The Labute approximate surface area is 102 Å². The summed E-state index contributed by atoms with van der Waals surface area (Å²) in [6.45, 7) is 14.0. The lowest BCUT2D eigenvalue weighted by Gasteiger charge is -2.18. The Balaban J connectivity index is 3.20. The second-order valence-corrected chi connectivity index (χ2v) is 8.17. The van der Waals surface area contributed by atoms with Crippen LogP contribution in [-0.2, 0) is 0 Å². The van der Waals surface area contributed by atoms with Crippen molar-refractivity contribution in [3.05, 3.63) is 0 Å². The predicted molar refractivity (Wildman–Crippen MR) is 74.7 cm³/mol. The van der Waals surface area contributed by atoms with Crippen LogP contribution in [-0.4, -0.2) is 11.5 Å². The number of hydrogen-bond donors (Lipinski definition) is 0. The Morgan fingerprint density at radius 1 is 0.667 bits per heavy atom. The fraction of sp³-hybridized carbons (Fsp3) is 1.00. The molecule has 0 aromatic rings. The van der Waals surface area contributed by atoms with Gasteiger partial charge in [-0.25, -0.2) is 0 Å². The summed E-state index contributed by atoms with van der Waals surface area (Å²) < 4.78 is 0. The Morgan fingerprint density at radius 2 is 1.00 bits per heavy atom. The van der Waals surface area contributed by atoms with Gasteiger partial charge in [0, 0.05) is 0 Å². The topological polar surface area (TPSA) is 0 Å². The highest BCUT2D eigenvalue weighted by atomic mass is 32.2.